The molecule has 0 N–H and O–H groups in total. The van der Waals surface area contributed by atoms with Crippen LogP contribution in [0.25, 0.3) is 0 Å². The van der Waals surface area contributed by atoms with Crippen molar-refractivity contribution >= 4 is 9.84 Å². The van der Waals surface area contributed by atoms with Gasteiger partial charge in [0.05, 0.1) is 24.6 Å². The molecule has 0 aromatic carbocycles. The summed E-state index contributed by atoms with van der Waals surface area (Å²) in [7, 11) is -3.35. The second-order valence-electron chi connectivity index (χ2n) is 6.90. The van der Waals surface area contributed by atoms with Crippen molar-refractivity contribution in [1.29, 1.82) is 5.26 Å². The minimum atomic E-state index is -3.35. The molecule has 1 saturated heterocycles. The van der Waals surface area contributed by atoms with Gasteiger partial charge >= 0.3 is 0 Å². The number of likely N-dealkylation sites (tertiary alicyclic amines) is 1. The Bertz CT molecular complexity index is 731. The Labute approximate surface area is 154 Å². The van der Waals surface area contributed by atoms with E-state index in [0.29, 0.717) is 5.88 Å². The smallest absolute Gasteiger partial charge is 0.232 e. The summed E-state index contributed by atoms with van der Waals surface area (Å²) in [4.78, 5) is 9.71. The largest absolute Gasteiger partial charge is 0.473 e. The Kier molecular flexibility index (Phi) is 5.94. The first kappa shape index (κ1) is 18.9. The van der Waals surface area contributed by atoms with Gasteiger partial charge in [0.25, 0.3) is 0 Å². The Balaban J connectivity index is 1.42. The molecule has 0 amide bonds. The van der Waals surface area contributed by atoms with E-state index >= 15 is 0 Å². The van der Waals surface area contributed by atoms with E-state index in [1.807, 2.05) is 0 Å². The highest BCUT2D eigenvalue weighted by molar-refractivity contribution is 7.90. The van der Waals surface area contributed by atoms with Crippen LogP contribution in [-0.2, 0) is 14.6 Å². The minimum absolute atomic E-state index is 0.0497. The Morgan fingerprint density at radius 3 is 2.19 bits per heavy atom. The van der Waals surface area contributed by atoms with Crippen molar-refractivity contribution in [3.63, 3.8) is 0 Å². The Morgan fingerprint density at radius 2 is 1.65 bits per heavy atom. The second-order valence-corrected chi connectivity index (χ2v) is 8.87. The number of rotatable bonds is 5. The number of sulfone groups is 1. The van der Waals surface area contributed by atoms with Crippen LogP contribution in [0.1, 0.15) is 38.5 Å². The average molecular weight is 380 g/mol. The zero-order valence-corrected chi connectivity index (χ0v) is 15.7. The van der Waals surface area contributed by atoms with E-state index in [-0.39, 0.29) is 23.3 Å². The minimum Gasteiger partial charge on any atom is -0.473 e. The van der Waals surface area contributed by atoms with Gasteiger partial charge in [-0.2, -0.15) is 5.26 Å². The fourth-order valence-electron chi connectivity index (χ4n) is 3.38. The molecule has 142 valence electrons. The van der Waals surface area contributed by atoms with Gasteiger partial charge in [0.15, 0.2) is 21.1 Å². The number of piperidine rings is 1. The molecule has 2 fully saturated rings. The number of hydrogen-bond acceptors (Lipinski definition) is 8. The second kappa shape index (κ2) is 8.18. The fraction of sp³-hybridized carbons (Fsp3) is 0.706. The van der Waals surface area contributed by atoms with E-state index in [2.05, 4.69) is 16.2 Å². The molecule has 1 aromatic heterocycles. The first-order valence-corrected chi connectivity index (χ1v) is 10.8. The summed E-state index contributed by atoms with van der Waals surface area (Å²) in [6.07, 6.45) is 11.8. The number of nitriles is 1. The molecule has 0 spiro atoms. The molecule has 0 radical (unpaired) electrons. The summed E-state index contributed by atoms with van der Waals surface area (Å²) in [6.45, 7) is 1.56. The van der Waals surface area contributed by atoms with E-state index in [4.69, 9.17) is 14.7 Å². The third kappa shape index (κ3) is 5.05. The van der Waals surface area contributed by atoms with Crippen LogP contribution in [-0.4, -0.2) is 60.9 Å². The topological polar surface area (TPSA) is 105 Å². The summed E-state index contributed by atoms with van der Waals surface area (Å²) in [5, 5.41) is 8.83. The van der Waals surface area contributed by atoms with Gasteiger partial charge in [-0.25, -0.2) is 18.4 Å². The van der Waals surface area contributed by atoms with Crippen molar-refractivity contribution in [3.05, 3.63) is 12.4 Å². The lowest BCUT2D eigenvalue weighted by molar-refractivity contribution is -0.0625. The molecule has 26 heavy (non-hydrogen) atoms. The van der Waals surface area contributed by atoms with Crippen molar-refractivity contribution in [2.45, 2.75) is 61.9 Å². The first-order chi connectivity index (χ1) is 12.4. The molecule has 2 heterocycles. The third-order valence-corrected chi connectivity index (χ3v) is 5.83. The average Bonchev–Trinajstić information content (AvgIpc) is 2.64. The normalized spacial score (nSPS) is 24.8. The lowest BCUT2D eigenvalue weighted by atomic mass is 9.94. The molecule has 1 aromatic rings. The molecule has 0 bridgehead atoms. The summed E-state index contributed by atoms with van der Waals surface area (Å²) in [5.41, 5.74) is 0. The van der Waals surface area contributed by atoms with E-state index in [1.165, 1.54) is 12.4 Å². The molecule has 0 atom stereocenters. The van der Waals surface area contributed by atoms with Gasteiger partial charge < -0.3 is 14.4 Å². The Morgan fingerprint density at radius 1 is 1.04 bits per heavy atom. The highest BCUT2D eigenvalue weighted by Crippen LogP contribution is 2.27. The van der Waals surface area contributed by atoms with Gasteiger partial charge in [0.2, 0.25) is 5.88 Å². The summed E-state index contributed by atoms with van der Waals surface area (Å²) < 4.78 is 34.8. The van der Waals surface area contributed by atoms with Crippen LogP contribution < -0.4 is 4.74 Å². The van der Waals surface area contributed by atoms with Gasteiger partial charge in [-0.3, -0.25) is 0 Å². The van der Waals surface area contributed by atoms with Crippen LogP contribution in [0.2, 0.25) is 0 Å². The standard InChI is InChI=1S/C17H24N4O4S/c1-26(22,23)17-11-19-16(10-20-17)25-14-4-2-13(3-5-14)24-15-6-8-21(12-18)9-7-15/h10-11,13-15H,2-9H2,1H3. The SMILES string of the molecule is CS(=O)(=O)c1cnc(OC2CCC(OC3CCN(C#N)CC3)CC2)cn1. The van der Waals surface area contributed by atoms with Crippen LogP contribution in [0.3, 0.4) is 0 Å². The zero-order chi connectivity index (χ0) is 18.6. The molecule has 0 unspecified atom stereocenters. The van der Waals surface area contributed by atoms with Crippen LogP contribution in [0, 0.1) is 11.5 Å². The van der Waals surface area contributed by atoms with Crippen molar-refractivity contribution < 1.29 is 17.9 Å². The molecular weight excluding hydrogens is 356 g/mol. The molecule has 1 aliphatic carbocycles. The van der Waals surface area contributed by atoms with Crippen LogP contribution in [0.15, 0.2) is 17.4 Å². The van der Waals surface area contributed by atoms with Gasteiger partial charge in [0.1, 0.15) is 6.10 Å². The maximum atomic E-state index is 11.4. The molecular formula is C17H24N4O4S. The number of aromatic nitrogens is 2. The summed E-state index contributed by atoms with van der Waals surface area (Å²) in [5.74, 6) is 0.352. The molecule has 8 nitrogen and oxygen atoms in total. The molecule has 2 aliphatic rings. The quantitative estimate of drug-likeness (QED) is 0.708. The van der Waals surface area contributed by atoms with E-state index in [9.17, 15) is 8.42 Å². The summed E-state index contributed by atoms with van der Waals surface area (Å²) in [6, 6.07) is 0. The lowest BCUT2D eigenvalue weighted by Gasteiger charge is -2.34. The van der Waals surface area contributed by atoms with E-state index in [1.54, 1.807) is 4.90 Å². The monoisotopic (exact) mass is 380 g/mol. The predicted octanol–water partition coefficient (Wildman–Crippen LogP) is 1.53. The fourth-order valence-corrected chi connectivity index (χ4v) is 3.87. The summed E-state index contributed by atoms with van der Waals surface area (Å²) >= 11 is 0. The van der Waals surface area contributed by atoms with Crippen LogP contribution in [0.5, 0.6) is 5.88 Å². The van der Waals surface area contributed by atoms with Crippen molar-refractivity contribution in [2.75, 3.05) is 19.3 Å². The van der Waals surface area contributed by atoms with E-state index in [0.717, 1.165) is 57.9 Å². The number of ether oxygens (including phenoxy) is 2. The number of hydrogen-bond donors (Lipinski definition) is 0. The molecule has 3 rings (SSSR count). The molecule has 1 saturated carbocycles. The van der Waals surface area contributed by atoms with Crippen LogP contribution >= 0.6 is 0 Å². The van der Waals surface area contributed by atoms with Gasteiger partial charge in [-0.15, -0.1) is 0 Å². The Hall–Kier alpha value is -1.92. The van der Waals surface area contributed by atoms with Gasteiger partial charge in [-0.05, 0) is 38.5 Å². The van der Waals surface area contributed by atoms with Crippen LogP contribution in [0.4, 0.5) is 0 Å². The number of nitrogens with zero attached hydrogens (tertiary/aromatic N) is 4. The lowest BCUT2D eigenvalue weighted by Crippen LogP contribution is -2.37. The first-order valence-electron chi connectivity index (χ1n) is 8.93. The highest BCUT2D eigenvalue weighted by Gasteiger charge is 2.27. The molecule has 9 heteroatoms. The van der Waals surface area contributed by atoms with Crippen molar-refractivity contribution in [3.8, 4) is 12.1 Å². The van der Waals surface area contributed by atoms with Gasteiger partial charge in [-0.1, -0.05) is 0 Å². The van der Waals surface area contributed by atoms with Gasteiger partial charge in [0, 0.05) is 19.3 Å². The zero-order valence-electron chi connectivity index (χ0n) is 14.9. The highest BCUT2D eigenvalue weighted by atomic mass is 32.2. The van der Waals surface area contributed by atoms with E-state index < -0.39 is 9.84 Å². The third-order valence-electron chi connectivity index (χ3n) is 4.86. The predicted molar refractivity (Wildman–Crippen MR) is 93.1 cm³/mol. The van der Waals surface area contributed by atoms with Crippen molar-refractivity contribution in [1.82, 2.24) is 14.9 Å². The van der Waals surface area contributed by atoms with Crippen molar-refractivity contribution in [2.24, 2.45) is 0 Å². The maximum absolute atomic E-state index is 11.4. The maximum Gasteiger partial charge on any atom is 0.232 e. The molecule has 1 aliphatic heterocycles.